The van der Waals surface area contributed by atoms with Gasteiger partial charge in [-0.1, -0.05) is 66.4 Å². The third-order valence-electron chi connectivity index (χ3n) is 13.0. The largest absolute Gasteiger partial charge is 0.497 e. The number of carbonyl (C=O) groups is 3. The van der Waals surface area contributed by atoms with Crippen molar-refractivity contribution in [3.63, 3.8) is 0 Å². The second-order valence-corrected chi connectivity index (χ2v) is 20.2. The third-order valence-corrected chi connectivity index (χ3v) is 15.1. The summed E-state index contributed by atoms with van der Waals surface area (Å²) in [6.07, 6.45) is -13.5. The fraction of sp³-hybridized carbons (Fsp3) is 0.472. The van der Waals surface area contributed by atoms with Crippen LogP contribution in [0.3, 0.4) is 0 Å². The lowest BCUT2D eigenvalue weighted by Gasteiger charge is -2.44. The van der Waals surface area contributed by atoms with E-state index in [2.05, 4.69) is 28.2 Å². The Bertz CT molecular complexity index is 2870. The van der Waals surface area contributed by atoms with Crippen molar-refractivity contribution in [1.29, 1.82) is 5.26 Å². The van der Waals surface area contributed by atoms with Crippen LogP contribution >= 0.6 is 8.53 Å². The molecule has 6 rings (SSSR count). The van der Waals surface area contributed by atoms with Crippen molar-refractivity contribution < 1.29 is 68.7 Å². The summed E-state index contributed by atoms with van der Waals surface area (Å²) >= 11 is 0. The molecular weight excluding hydrogens is 1060 g/mol. The van der Waals surface area contributed by atoms with Gasteiger partial charge >= 0.3 is 29.9 Å². The van der Waals surface area contributed by atoms with Gasteiger partial charge < -0.3 is 43.9 Å². The molecule has 25 heteroatoms. The van der Waals surface area contributed by atoms with Gasteiger partial charge in [-0.2, -0.15) is 31.6 Å². The minimum Gasteiger partial charge on any atom is -0.497 e. The van der Waals surface area contributed by atoms with Crippen LogP contribution in [0.5, 0.6) is 11.5 Å². The number of ether oxygens (including phenoxy) is 4. The number of unbranched alkanes of at least 4 members (excludes halogenated alkanes) is 1. The van der Waals surface area contributed by atoms with Crippen molar-refractivity contribution >= 4 is 26.2 Å². The number of fused-ring (bicyclic) bond motifs is 2. The molecule has 2 saturated heterocycles. The van der Waals surface area contributed by atoms with Gasteiger partial charge in [0.2, 0.25) is 5.91 Å². The van der Waals surface area contributed by atoms with E-state index in [4.69, 9.17) is 28.0 Å². The van der Waals surface area contributed by atoms with E-state index in [1.807, 2.05) is 111 Å². The zero-order valence-electron chi connectivity index (χ0n) is 43.5. The van der Waals surface area contributed by atoms with Gasteiger partial charge in [0.25, 0.3) is 14.1 Å². The van der Waals surface area contributed by atoms with Gasteiger partial charge in [-0.25, -0.2) is 9.46 Å². The summed E-state index contributed by atoms with van der Waals surface area (Å²) in [5, 5.41) is 15.0. The maximum Gasteiger partial charge on any atom is 0.471 e. The molecule has 3 aromatic carbocycles. The zero-order chi connectivity index (χ0) is 57.0. The van der Waals surface area contributed by atoms with Gasteiger partial charge in [0.15, 0.2) is 6.23 Å². The lowest BCUT2D eigenvalue weighted by Crippen LogP contribution is -2.50. The summed E-state index contributed by atoms with van der Waals surface area (Å²) in [6, 6.07) is 24.9. The van der Waals surface area contributed by atoms with Crippen molar-refractivity contribution in [1.82, 2.24) is 30.2 Å². The number of H-pyrrole nitrogens is 1. The molecule has 0 aliphatic carbocycles. The van der Waals surface area contributed by atoms with Crippen LogP contribution in [0, 0.1) is 23.2 Å². The van der Waals surface area contributed by atoms with Crippen molar-refractivity contribution in [2.75, 3.05) is 40.5 Å². The van der Waals surface area contributed by atoms with Gasteiger partial charge in [0.1, 0.15) is 40.9 Å². The molecule has 420 valence electrons. The van der Waals surface area contributed by atoms with E-state index in [0.717, 1.165) is 27.5 Å². The predicted octanol–water partition coefficient (Wildman–Crippen LogP) is 6.67. The highest BCUT2D eigenvalue weighted by Gasteiger charge is 2.66. The Morgan fingerprint density at radius 1 is 0.859 bits per heavy atom. The van der Waals surface area contributed by atoms with Gasteiger partial charge in [0.05, 0.1) is 46.5 Å². The molecule has 1 aromatic heterocycles. The Hall–Kier alpha value is -6.79. The monoisotopic (exact) mass is 1120 g/mol. The first kappa shape index (κ1) is 60.4. The highest BCUT2D eigenvalue weighted by Crippen LogP contribution is 2.59. The molecule has 2 aliphatic heterocycles. The Kier molecular flexibility index (Phi) is 20.3. The number of nitrogens with one attached hydrogen (secondary N) is 4. The smallest absolute Gasteiger partial charge is 0.471 e. The average Bonchev–Trinajstić information content (AvgIpc) is 4.10. The molecule has 2 bridgehead atoms. The number of halogens is 6. The molecule has 3 unspecified atom stereocenters. The maximum atomic E-state index is 14.0. The molecule has 18 nitrogen and oxygen atoms in total. The number of nitrogens with zero attached hydrogens (tertiary/aromatic N) is 3. The first-order chi connectivity index (χ1) is 37.0. The molecule has 0 radical (unpaired) electrons. The third kappa shape index (κ3) is 14.3. The lowest BCUT2D eigenvalue weighted by atomic mass is 9.63. The summed E-state index contributed by atoms with van der Waals surface area (Å²) in [7, 11) is 1.14. The first-order valence-corrected chi connectivity index (χ1v) is 25.9. The van der Waals surface area contributed by atoms with Gasteiger partial charge in [-0.05, 0) is 94.3 Å². The van der Waals surface area contributed by atoms with E-state index in [0.29, 0.717) is 11.5 Å². The Morgan fingerprint density at radius 2 is 1.45 bits per heavy atom. The van der Waals surface area contributed by atoms with Gasteiger partial charge in [-0.15, -0.1) is 0 Å². The minimum absolute atomic E-state index is 0.0271. The number of carbonyl (C=O) groups excluding carboxylic acids is 3. The number of nitriles is 1. The second kappa shape index (κ2) is 26.2. The molecule has 6 atom stereocenters. The predicted molar refractivity (Wildman–Crippen MR) is 272 cm³/mol. The number of hydrogen-bond donors (Lipinski definition) is 4. The number of amides is 3. The fourth-order valence-corrected chi connectivity index (χ4v) is 11.3. The van der Waals surface area contributed by atoms with Crippen LogP contribution in [0.4, 0.5) is 26.3 Å². The van der Waals surface area contributed by atoms with Crippen LogP contribution in [0.15, 0.2) is 94.6 Å². The van der Waals surface area contributed by atoms with Crippen molar-refractivity contribution in [3.05, 3.63) is 128 Å². The Balaban J connectivity index is 1.39. The van der Waals surface area contributed by atoms with E-state index < -0.39 is 105 Å². The SMILES string of the molecule is COc1ccc(C(C[C@@]23COC([C@H](n4cc(C#CCNC(=O)C(CCCCNC(=O)C(F)(F)F)NC(=O)C(F)(F)F)c(=O)[nH]c4=O)O2)[C@H]3OP(OCCC#N)N(C(C)C)C(C)C)(c2ccccc2)c2ccc(OC)cc2)cc1. The summed E-state index contributed by atoms with van der Waals surface area (Å²) in [4.78, 5) is 65.7. The zero-order valence-corrected chi connectivity index (χ0v) is 44.4. The molecule has 2 aliphatic rings. The van der Waals surface area contributed by atoms with E-state index in [9.17, 15) is 55.6 Å². The topological polar surface area (TPSA) is 225 Å². The van der Waals surface area contributed by atoms with E-state index >= 15 is 0 Å². The standard InChI is InChI=1S/C53H60F6N7O11P/c1-33(2)66(34(3)4)78(75-29-13-26-60)77-43-42-46(76-50(43,32-74-42)31-51(36-15-8-7-9-16-36,37-18-22-39(72-5)23-19-37)38-20-24-40(73-6)25-21-38)65-30-35(44(67)64-49(65)71)14-12-28-61-45(68)41(63-48(70)53(57,58)59)17-10-11-27-62-47(69)52(54,55)56/h7-9,15-16,18-25,30,33-34,41-43,46H,10-11,13,17,27-29,31-32H2,1-6H3,(H,61,68)(H,62,69)(H,63,70)(H,64,67,71)/t41?,42?,43-,46-,50+,78?/m1/s1. The van der Waals surface area contributed by atoms with Crippen LogP contribution < -0.4 is 36.7 Å². The highest BCUT2D eigenvalue weighted by molar-refractivity contribution is 7.44. The normalized spacial score (nSPS) is 18.9. The summed E-state index contributed by atoms with van der Waals surface area (Å²) in [5.41, 5.74) is -2.22. The number of benzene rings is 3. The van der Waals surface area contributed by atoms with Crippen molar-refractivity contribution in [2.24, 2.45) is 0 Å². The first-order valence-electron chi connectivity index (χ1n) is 24.7. The molecule has 4 N–H and O–H groups in total. The van der Waals surface area contributed by atoms with Crippen LogP contribution in [0.25, 0.3) is 0 Å². The molecule has 3 amide bonds. The summed E-state index contributed by atoms with van der Waals surface area (Å²) in [5.74, 6) is 0.460. The lowest BCUT2D eigenvalue weighted by molar-refractivity contribution is -0.180. The van der Waals surface area contributed by atoms with E-state index in [1.165, 1.54) is 0 Å². The number of aromatic amines is 1. The molecular formula is C53H60F6N7O11P. The fourth-order valence-electron chi connectivity index (χ4n) is 9.47. The minimum atomic E-state index is -5.39. The number of alkyl halides is 6. The number of rotatable bonds is 24. The highest BCUT2D eigenvalue weighted by atomic mass is 31.2. The van der Waals surface area contributed by atoms with E-state index in [-0.39, 0.29) is 56.5 Å². The van der Waals surface area contributed by atoms with Gasteiger partial charge in [0, 0.05) is 30.2 Å². The van der Waals surface area contributed by atoms with Gasteiger partial charge in [-0.3, -0.25) is 28.7 Å². The average molecular weight is 1120 g/mol. The number of hydrogen-bond acceptors (Lipinski definition) is 13. The summed E-state index contributed by atoms with van der Waals surface area (Å²) < 4.78 is 119. The van der Waals surface area contributed by atoms with Crippen LogP contribution in [-0.4, -0.2) is 121 Å². The maximum absolute atomic E-state index is 14.0. The Morgan fingerprint density at radius 3 is 2.00 bits per heavy atom. The number of aromatic nitrogens is 2. The molecule has 0 saturated carbocycles. The van der Waals surface area contributed by atoms with Crippen molar-refractivity contribution in [3.8, 4) is 29.4 Å². The molecule has 78 heavy (non-hydrogen) atoms. The second-order valence-electron chi connectivity index (χ2n) is 18.8. The van der Waals surface area contributed by atoms with Crippen LogP contribution in [0.1, 0.15) is 88.3 Å². The Labute approximate surface area is 447 Å². The summed E-state index contributed by atoms with van der Waals surface area (Å²) in [6.45, 7) is 6.76. The van der Waals surface area contributed by atoms with Crippen LogP contribution in [-0.2, 0) is 38.3 Å². The van der Waals surface area contributed by atoms with Crippen LogP contribution in [0.2, 0.25) is 0 Å². The molecule has 3 heterocycles. The van der Waals surface area contributed by atoms with Crippen molar-refractivity contribution in [2.45, 2.75) is 120 Å². The quantitative estimate of drug-likeness (QED) is 0.0189. The van der Waals surface area contributed by atoms with E-state index in [1.54, 1.807) is 24.9 Å². The molecule has 2 fully saturated rings. The number of methoxy groups -OCH3 is 2. The molecule has 0 spiro atoms. The molecule has 4 aromatic rings.